The number of aliphatic hydroxyl groups excluding tert-OH is 2. The molecule has 0 radical (unpaired) electrons. The third kappa shape index (κ3) is 4.18. The lowest BCUT2D eigenvalue weighted by Crippen LogP contribution is -2.54. The Bertz CT molecular complexity index is 767. The maximum absolute atomic E-state index is 12.3. The van der Waals surface area contributed by atoms with Gasteiger partial charge in [-0.25, -0.2) is 9.59 Å². The first-order chi connectivity index (χ1) is 13.6. The summed E-state index contributed by atoms with van der Waals surface area (Å²) in [5.74, 6) is -3.32. The van der Waals surface area contributed by atoms with Crippen molar-refractivity contribution in [3.8, 4) is 0 Å². The summed E-state index contributed by atoms with van der Waals surface area (Å²) in [4.78, 5) is 35.7. The van der Waals surface area contributed by atoms with Gasteiger partial charge in [-0.2, -0.15) is 0 Å². The molecule has 1 aliphatic carbocycles. The molecule has 0 unspecified atom stereocenters. The fourth-order valence-electron chi connectivity index (χ4n) is 4.03. The van der Waals surface area contributed by atoms with Gasteiger partial charge in [-0.1, -0.05) is 25.8 Å². The van der Waals surface area contributed by atoms with E-state index in [4.69, 9.17) is 19.3 Å². The average molecular weight is 406 g/mol. The van der Waals surface area contributed by atoms with Crippen molar-refractivity contribution in [1.29, 1.82) is 0 Å². The number of fused-ring (bicyclic) bond motifs is 1. The smallest absolute Gasteiger partial charge is 0.336 e. The molecule has 1 heterocycles. The molecule has 1 saturated carbocycles. The number of hydrogen-bond donors (Lipinski definition) is 2. The Morgan fingerprint density at radius 2 is 2.00 bits per heavy atom. The molecule has 0 aromatic heterocycles. The zero-order valence-electron chi connectivity index (χ0n) is 16.4. The molecule has 0 aromatic rings. The Hall–Kier alpha value is -2.71. The quantitative estimate of drug-likeness (QED) is 0.264. The molecule has 5 atom stereocenters. The summed E-state index contributed by atoms with van der Waals surface area (Å²) in [6.07, 6.45) is -0.128. The molecule has 2 N–H and O–H groups in total. The highest BCUT2D eigenvalue weighted by molar-refractivity contribution is 5.92. The normalized spacial score (nSPS) is 30.7. The van der Waals surface area contributed by atoms with Gasteiger partial charge in [0, 0.05) is 23.8 Å². The van der Waals surface area contributed by atoms with Crippen molar-refractivity contribution in [3.05, 3.63) is 49.1 Å². The summed E-state index contributed by atoms with van der Waals surface area (Å²) in [6.45, 7) is 15.1. The monoisotopic (exact) mass is 406 g/mol. The van der Waals surface area contributed by atoms with Crippen LogP contribution in [0.2, 0.25) is 0 Å². The van der Waals surface area contributed by atoms with Gasteiger partial charge in [-0.05, 0) is 12.0 Å². The maximum atomic E-state index is 12.3. The summed E-state index contributed by atoms with van der Waals surface area (Å²) in [5.41, 5.74) is -0.652. The van der Waals surface area contributed by atoms with Gasteiger partial charge in [0.1, 0.15) is 18.8 Å². The van der Waals surface area contributed by atoms with Gasteiger partial charge in [0.2, 0.25) is 0 Å². The second-order valence-electron chi connectivity index (χ2n) is 7.34. The molecule has 1 aliphatic heterocycles. The molecular formula is C21H26O8. The third-order valence-electron chi connectivity index (χ3n) is 5.53. The van der Waals surface area contributed by atoms with Crippen LogP contribution in [0.25, 0.3) is 0 Å². The Balaban J connectivity index is 2.45. The van der Waals surface area contributed by atoms with Crippen LogP contribution in [0.4, 0.5) is 0 Å². The zero-order chi connectivity index (χ0) is 21.9. The van der Waals surface area contributed by atoms with Crippen LogP contribution in [0, 0.1) is 17.3 Å². The van der Waals surface area contributed by atoms with E-state index in [2.05, 4.69) is 26.3 Å². The first kappa shape index (κ1) is 22.6. The van der Waals surface area contributed by atoms with E-state index in [-0.39, 0.29) is 24.2 Å². The Kier molecular flexibility index (Phi) is 6.81. The molecule has 1 saturated heterocycles. The van der Waals surface area contributed by atoms with Crippen LogP contribution in [0.5, 0.6) is 0 Å². The van der Waals surface area contributed by atoms with Crippen molar-refractivity contribution in [1.82, 2.24) is 0 Å². The molecule has 0 spiro atoms. The highest BCUT2D eigenvalue weighted by Gasteiger charge is 2.60. The number of hydrogen-bond acceptors (Lipinski definition) is 8. The average Bonchev–Trinajstić information content (AvgIpc) is 2.99. The van der Waals surface area contributed by atoms with Crippen LogP contribution < -0.4 is 0 Å². The number of esters is 3. The summed E-state index contributed by atoms with van der Waals surface area (Å²) in [7, 11) is 0. The van der Waals surface area contributed by atoms with Gasteiger partial charge >= 0.3 is 17.9 Å². The number of rotatable bonds is 8. The van der Waals surface area contributed by atoms with E-state index in [0.29, 0.717) is 5.57 Å². The molecule has 2 aliphatic rings. The summed E-state index contributed by atoms with van der Waals surface area (Å²) < 4.78 is 16.0. The van der Waals surface area contributed by atoms with Gasteiger partial charge in [-0.15, -0.1) is 6.58 Å². The highest BCUT2D eigenvalue weighted by atomic mass is 16.6. The van der Waals surface area contributed by atoms with Gasteiger partial charge in [-0.3, -0.25) is 4.79 Å². The van der Waals surface area contributed by atoms with Crippen LogP contribution in [0.3, 0.4) is 0 Å². The largest absolute Gasteiger partial charge is 0.461 e. The molecule has 29 heavy (non-hydrogen) atoms. The Labute approximate surface area is 169 Å². The standard InChI is InChI=1S/C21H26O8/c1-6-21(10-23)7-15(28-19(25)11(2)8-22)16-13(4)20(26)29-18(16)17(21)12(3)9-27-14(5)24/h6,15-18,22-23H,1-4,7-10H2,5H3/t15-,16+,17+,18-,21+/m0/s1. The Morgan fingerprint density at radius 3 is 2.52 bits per heavy atom. The molecule has 0 amide bonds. The van der Waals surface area contributed by atoms with E-state index in [0.717, 1.165) is 0 Å². The van der Waals surface area contributed by atoms with E-state index in [1.807, 2.05) is 0 Å². The lowest BCUT2D eigenvalue weighted by molar-refractivity contribution is -0.163. The minimum atomic E-state index is -1.06. The highest BCUT2D eigenvalue weighted by Crippen LogP contribution is 2.53. The van der Waals surface area contributed by atoms with Crippen LogP contribution >= 0.6 is 0 Å². The van der Waals surface area contributed by atoms with Crippen molar-refractivity contribution < 1.29 is 38.8 Å². The number of carbonyl (C=O) groups is 3. The maximum Gasteiger partial charge on any atom is 0.336 e. The molecule has 2 rings (SSSR count). The number of ether oxygens (including phenoxy) is 3. The molecular weight excluding hydrogens is 380 g/mol. The minimum Gasteiger partial charge on any atom is -0.461 e. The summed E-state index contributed by atoms with van der Waals surface area (Å²) in [5, 5.41) is 19.3. The summed E-state index contributed by atoms with van der Waals surface area (Å²) in [6, 6.07) is 0. The van der Waals surface area contributed by atoms with Crippen molar-refractivity contribution in [2.24, 2.45) is 17.3 Å². The minimum absolute atomic E-state index is 0.0953. The van der Waals surface area contributed by atoms with Gasteiger partial charge in [0.15, 0.2) is 0 Å². The number of carbonyl (C=O) groups excluding carboxylic acids is 3. The first-order valence-corrected chi connectivity index (χ1v) is 9.06. The van der Waals surface area contributed by atoms with Crippen molar-refractivity contribution in [2.45, 2.75) is 25.6 Å². The number of aliphatic hydroxyl groups is 2. The molecule has 0 bridgehead atoms. The fraction of sp³-hybridized carbons (Fsp3) is 0.476. The second-order valence-corrected chi connectivity index (χ2v) is 7.34. The van der Waals surface area contributed by atoms with E-state index < -0.39 is 60.6 Å². The van der Waals surface area contributed by atoms with E-state index in [1.54, 1.807) is 0 Å². The van der Waals surface area contributed by atoms with Crippen molar-refractivity contribution in [2.75, 3.05) is 19.8 Å². The molecule has 2 fully saturated rings. The zero-order valence-corrected chi connectivity index (χ0v) is 16.4. The van der Waals surface area contributed by atoms with Crippen LogP contribution in [0.1, 0.15) is 13.3 Å². The first-order valence-electron chi connectivity index (χ1n) is 9.06. The third-order valence-corrected chi connectivity index (χ3v) is 5.53. The van der Waals surface area contributed by atoms with Crippen LogP contribution in [0.15, 0.2) is 49.1 Å². The SMILES string of the molecule is C=C[C@]1(CO)C[C@H](OC(=O)C(=C)CO)[C@H]2C(=C)C(=O)O[C@@H]2[C@H]1C(=C)COC(C)=O. The topological polar surface area (TPSA) is 119 Å². The van der Waals surface area contributed by atoms with Crippen molar-refractivity contribution >= 4 is 17.9 Å². The molecule has 158 valence electrons. The van der Waals surface area contributed by atoms with E-state index >= 15 is 0 Å². The van der Waals surface area contributed by atoms with Crippen LogP contribution in [-0.2, 0) is 28.6 Å². The summed E-state index contributed by atoms with van der Waals surface area (Å²) >= 11 is 0. The predicted molar refractivity (Wildman–Crippen MR) is 102 cm³/mol. The van der Waals surface area contributed by atoms with E-state index in [9.17, 15) is 19.5 Å². The molecule has 0 aromatic carbocycles. The lowest BCUT2D eigenvalue weighted by atomic mass is 9.58. The van der Waals surface area contributed by atoms with Crippen molar-refractivity contribution in [3.63, 3.8) is 0 Å². The predicted octanol–water partition coefficient (Wildman–Crippen LogP) is 0.848. The van der Waals surface area contributed by atoms with Crippen LogP contribution in [-0.4, -0.2) is 60.1 Å². The fourth-order valence-corrected chi connectivity index (χ4v) is 4.03. The lowest BCUT2D eigenvalue weighted by Gasteiger charge is -2.49. The van der Waals surface area contributed by atoms with Gasteiger partial charge < -0.3 is 24.4 Å². The van der Waals surface area contributed by atoms with E-state index in [1.165, 1.54) is 13.0 Å². The second kappa shape index (κ2) is 8.75. The molecule has 8 heteroatoms. The van der Waals surface area contributed by atoms with Gasteiger partial charge in [0.25, 0.3) is 0 Å². The molecule has 8 nitrogen and oxygen atoms in total. The Morgan fingerprint density at radius 1 is 1.34 bits per heavy atom. The van der Waals surface area contributed by atoms with Gasteiger partial charge in [0.05, 0.1) is 24.7 Å².